The van der Waals surface area contributed by atoms with Gasteiger partial charge < -0.3 is 30.7 Å². The van der Waals surface area contributed by atoms with Gasteiger partial charge >= 0.3 is 0 Å². The standard InChI is InChI=1S/C29H30F2N6O4S2/c1-17-28(43-16-35-17)19-4-2-18(3-5-19)22(32)12-24(38)33-15-34-25(39)13-41-27-20(6-7-21(30)26(27)31)23-14-42-29(36-23)37-8-10-40-11-9-37/h2-7,14,16,22H,8-13,15,32H2,1H3,(H,33,38)(H,34,39)/t22-/m0/s1. The summed E-state index contributed by atoms with van der Waals surface area (Å²) in [4.78, 5) is 36.7. The molecular formula is C29H30F2N6O4S2. The lowest BCUT2D eigenvalue weighted by molar-refractivity contribution is -0.124. The summed E-state index contributed by atoms with van der Waals surface area (Å²) in [6.45, 7) is 3.68. The van der Waals surface area contributed by atoms with Crippen molar-refractivity contribution in [3.63, 3.8) is 0 Å². The van der Waals surface area contributed by atoms with Gasteiger partial charge in [0.1, 0.15) is 0 Å². The topological polar surface area (TPSA) is 132 Å². The third kappa shape index (κ3) is 7.51. The molecule has 3 heterocycles. The number of carbonyl (C=O) groups excluding carboxylic acids is 2. The zero-order chi connectivity index (χ0) is 30.3. The summed E-state index contributed by atoms with van der Waals surface area (Å²) in [5.74, 6) is -3.75. The minimum absolute atomic E-state index is 0.00322. The van der Waals surface area contributed by atoms with E-state index < -0.39 is 35.9 Å². The zero-order valence-corrected chi connectivity index (χ0v) is 24.9. The second kappa shape index (κ2) is 14.0. The van der Waals surface area contributed by atoms with E-state index in [1.54, 1.807) is 22.2 Å². The first-order valence-corrected chi connectivity index (χ1v) is 15.2. The number of nitrogens with one attached hydrogen (secondary N) is 2. The summed E-state index contributed by atoms with van der Waals surface area (Å²) in [5.41, 5.74) is 11.4. The molecule has 1 atom stereocenters. The third-order valence-electron chi connectivity index (χ3n) is 6.77. The molecule has 0 bridgehead atoms. The fraction of sp³-hybridized carbons (Fsp3) is 0.310. The van der Waals surface area contributed by atoms with Gasteiger partial charge in [0.05, 0.1) is 41.7 Å². The number of carbonyl (C=O) groups is 2. The van der Waals surface area contributed by atoms with E-state index in [9.17, 15) is 18.4 Å². The van der Waals surface area contributed by atoms with Crippen molar-refractivity contribution in [1.82, 2.24) is 20.6 Å². The fourth-order valence-electron chi connectivity index (χ4n) is 4.44. The molecular weight excluding hydrogens is 598 g/mol. The number of benzene rings is 2. The highest BCUT2D eigenvalue weighted by molar-refractivity contribution is 7.14. The number of aromatic nitrogens is 2. The normalized spacial score (nSPS) is 13.9. The van der Waals surface area contributed by atoms with Crippen LogP contribution in [0.4, 0.5) is 13.9 Å². The number of morpholine rings is 1. The van der Waals surface area contributed by atoms with Gasteiger partial charge in [-0.3, -0.25) is 9.59 Å². The highest BCUT2D eigenvalue weighted by atomic mass is 32.1. The van der Waals surface area contributed by atoms with Crippen molar-refractivity contribution in [3.8, 4) is 27.4 Å². The monoisotopic (exact) mass is 628 g/mol. The molecule has 2 amide bonds. The first-order chi connectivity index (χ1) is 20.8. The van der Waals surface area contributed by atoms with Crippen LogP contribution in [0.2, 0.25) is 0 Å². The quantitative estimate of drug-likeness (QED) is 0.212. The Balaban J connectivity index is 1.10. The second-order valence-electron chi connectivity index (χ2n) is 9.72. The Hall–Kier alpha value is -3.98. The molecule has 10 nitrogen and oxygen atoms in total. The molecule has 43 heavy (non-hydrogen) atoms. The van der Waals surface area contributed by atoms with Gasteiger partial charge in [-0.2, -0.15) is 4.39 Å². The average Bonchev–Trinajstić information content (AvgIpc) is 3.68. The lowest BCUT2D eigenvalue weighted by atomic mass is 10.0. The van der Waals surface area contributed by atoms with Crippen molar-refractivity contribution in [2.45, 2.75) is 19.4 Å². The Morgan fingerprint density at radius 2 is 1.84 bits per heavy atom. The van der Waals surface area contributed by atoms with E-state index in [0.717, 1.165) is 32.9 Å². The van der Waals surface area contributed by atoms with Gasteiger partial charge in [0.15, 0.2) is 23.3 Å². The van der Waals surface area contributed by atoms with Crippen LogP contribution in [0.3, 0.4) is 0 Å². The Labute approximate surface area is 254 Å². The summed E-state index contributed by atoms with van der Waals surface area (Å²) in [7, 11) is 0. The minimum atomic E-state index is -1.22. The predicted octanol–water partition coefficient (Wildman–Crippen LogP) is 4.02. The zero-order valence-electron chi connectivity index (χ0n) is 23.3. The average molecular weight is 629 g/mol. The van der Waals surface area contributed by atoms with Crippen LogP contribution in [-0.4, -0.2) is 61.4 Å². The van der Waals surface area contributed by atoms with Gasteiger partial charge in [-0.1, -0.05) is 24.3 Å². The van der Waals surface area contributed by atoms with Gasteiger partial charge in [0.25, 0.3) is 5.91 Å². The largest absolute Gasteiger partial charge is 0.480 e. The number of nitrogens with two attached hydrogens (primary N) is 1. The van der Waals surface area contributed by atoms with E-state index in [0.29, 0.717) is 32.0 Å². The summed E-state index contributed by atoms with van der Waals surface area (Å²) in [6, 6.07) is 9.44. The molecule has 0 aliphatic carbocycles. The molecule has 2 aromatic carbocycles. The number of nitrogens with zero attached hydrogens (tertiary/aromatic N) is 3. The summed E-state index contributed by atoms with van der Waals surface area (Å²) in [6.07, 6.45) is 0.00322. The number of amides is 2. The van der Waals surface area contributed by atoms with Crippen LogP contribution in [0, 0.1) is 18.6 Å². The number of hydrogen-bond donors (Lipinski definition) is 3. The molecule has 1 aliphatic rings. The van der Waals surface area contributed by atoms with Gasteiger partial charge in [-0.25, -0.2) is 14.4 Å². The SMILES string of the molecule is Cc1ncsc1-c1ccc([C@@H](N)CC(=O)NCNC(=O)COc2c(-c3csc(N4CCOCC4)n3)ccc(F)c2F)cc1. The molecule has 14 heteroatoms. The van der Waals surface area contributed by atoms with Crippen molar-refractivity contribution < 1.29 is 27.8 Å². The van der Waals surface area contributed by atoms with Crippen LogP contribution < -0.4 is 26.0 Å². The number of halogens is 2. The maximum Gasteiger partial charge on any atom is 0.259 e. The first kappa shape index (κ1) is 30.5. The number of ether oxygens (including phenoxy) is 2. The molecule has 5 rings (SSSR count). The molecule has 226 valence electrons. The number of thiazole rings is 2. The molecule has 1 saturated heterocycles. The van der Waals surface area contributed by atoms with Crippen molar-refractivity contribution >= 4 is 39.6 Å². The molecule has 0 spiro atoms. The molecule has 0 unspecified atom stereocenters. The Kier molecular flexibility index (Phi) is 9.92. The summed E-state index contributed by atoms with van der Waals surface area (Å²) < 4.78 is 39.6. The fourth-order valence-corrected chi connectivity index (χ4v) is 6.13. The van der Waals surface area contributed by atoms with Gasteiger partial charge in [-0.15, -0.1) is 22.7 Å². The number of rotatable bonds is 11. The van der Waals surface area contributed by atoms with Crippen LogP contribution in [0.25, 0.3) is 21.7 Å². The van der Waals surface area contributed by atoms with Crippen LogP contribution in [0.5, 0.6) is 5.75 Å². The van der Waals surface area contributed by atoms with E-state index in [-0.39, 0.29) is 24.6 Å². The van der Waals surface area contributed by atoms with E-state index in [1.165, 1.54) is 17.4 Å². The predicted molar refractivity (Wildman–Crippen MR) is 161 cm³/mol. The number of aryl methyl sites for hydroxylation is 1. The first-order valence-electron chi connectivity index (χ1n) is 13.5. The third-order valence-corrected chi connectivity index (χ3v) is 8.65. The molecule has 4 N–H and O–H groups in total. The van der Waals surface area contributed by atoms with Crippen molar-refractivity contribution in [2.24, 2.45) is 5.73 Å². The van der Waals surface area contributed by atoms with E-state index in [1.807, 2.05) is 36.1 Å². The van der Waals surface area contributed by atoms with Crippen molar-refractivity contribution in [2.75, 3.05) is 44.5 Å². The Morgan fingerprint density at radius 3 is 2.56 bits per heavy atom. The Morgan fingerprint density at radius 1 is 1.09 bits per heavy atom. The lowest BCUT2D eigenvalue weighted by Gasteiger charge is -2.26. The van der Waals surface area contributed by atoms with Crippen molar-refractivity contribution in [1.29, 1.82) is 0 Å². The van der Waals surface area contributed by atoms with Crippen molar-refractivity contribution in [3.05, 3.63) is 70.2 Å². The smallest absolute Gasteiger partial charge is 0.259 e. The molecule has 2 aromatic heterocycles. The van der Waals surface area contributed by atoms with Crippen LogP contribution >= 0.6 is 22.7 Å². The molecule has 1 fully saturated rings. The second-order valence-corrected chi connectivity index (χ2v) is 11.4. The molecule has 1 aliphatic heterocycles. The molecule has 0 radical (unpaired) electrons. The van der Waals surface area contributed by atoms with Gasteiger partial charge in [-0.05, 0) is 30.2 Å². The van der Waals surface area contributed by atoms with Crippen LogP contribution in [0.1, 0.15) is 23.7 Å². The maximum absolute atomic E-state index is 14.7. The summed E-state index contributed by atoms with van der Waals surface area (Å²) in [5, 5.41) is 7.50. The Bertz CT molecular complexity index is 1570. The maximum atomic E-state index is 14.7. The van der Waals surface area contributed by atoms with Crippen LogP contribution in [0.15, 0.2) is 47.3 Å². The van der Waals surface area contributed by atoms with E-state index >= 15 is 0 Å². The molecule has 0 saturated carbocycles. The lowest BCUT2D eigenvalue weighted by Crippen LogP contribution is -2.40. The highest BCUT2D eigenvalue weighted by Gasteiger charge is 2.22. The van der Waals surface area contributed by atoms with Gasteiger partial charge in [0, 0.05) is 36.5 Å². The van der Waals surface area contributed by atoms with E-state index in [2.05, 4.69) is 20.6 Å². The number of anilines is 1. The minimum Gasteiger partial charge on any atom is -0.480 e. The summed E-state index contributed by atoms with van der Waals surface area (Å²) >= 11 is 2.92. The molecule has 4 aromatic rings. The number of hydrogen-bond acceptors (Lipinski definition) is 10. The van der Waals surface area contributed by atoms with Gasteiger partial charge in [0.2, 0.25) is 11.7 Å². The van der Waals surface area contributed by atoms with E-state index in [4.69, 9.17) is 15.2 Å². The highest BCUT2D eigenvalue weighted by Crippen LogP contribution is 2.36. The van der Waals surface area contributed by atoms with Crippen LogP contribution in [-0.2, 0) is 14.3 Å².